The number of piperidine rings is 2. The van der Waals surface area contributed by atoms with Crippen molar-refractivity contribution in [1.29, 1.82) is 0 Å². The van der Waals surface area contributed by atoms with Gasteiger partial charge in [-0.3, -0.25) is 24.2 Å². The van der Waals surface area contributed by atoms with Crippen molar-refractivity contribution in [3.63, 3.8) is 0 Å². The van der Waals surface area contributed by atoms with E-state index in [0.717, 1.165) is 18.4 Å². The molecule has 18 nitrogen and oxygen atoms in total. The van der Waals surface area contributed by atoms with E-state index in [0.29, 0.717) is 55.8 Å². The van der Waals surface area contributed by atoms with Crippen molar-refractivity contribution in [1.82, 2.24) is 25.8 Å². The number of carbonyl (C=O) groups excluding carboxylic acids is 4. The van der Waals surface area contributed by atoms with E-state index in [1.54, 1.807) is 17.0 Å². The Hall–Kier alpha value is -5.10. The SMILES string of the molecule is CCc1ccc(OC)c(O)c1C12CCN(C)[C@H](C)C1(O)CC=C(OC(=O)N1CCCCC1CNC(=O)C(CCCN=C(N)N)NC(=O)CNC(=O)CC(=O)O)C2. The number of aryl methyl sites for hydroxylation is 1. The molecule has 3 aliphatic rings. The van der Waals surface area contributed by atoms with E-state index in [1.807, 2.05) is 27.0 Å². The van der Waals surface area contributed by atoms with Crippen LogP contribution < -0.4 is 32.2 Å². The molecule has 0 radical (unpaired) electrons. The van der Waals surface area contributed by atoms with Crippen LogP contribution >= 0.6 is 0 Å². The van der Waals surface area contributed by atoms with Crippen LogP contribution in [0.5, 0.6) is 11.5 Å². The van der Waals surface area contributed by atoms with Crippen LogP contribution in [-0.4, -0.2) is 131 Å². The molecule has 0 spiro atoms. The number of carboxylic acids is 1. The standard InChI is InChI=1S/C38H58N8O10/c1-5-24-11-12-28(55-4)33(51)32(24)37-15-18-45(3)23(2)38(37,54)14-13-26(20-37)56-36(53)46-17-7-6-9-25(46)21-43-34(52)27(10-8-16-41-35(39)40)44-30(48)22-42-29(47)19-31(49)50/h11-13,23,25,27,51,54H,5-10,14-22H2,1-4H3,(H,42,47)(H,43,52)(H,44,48)(H,49,50)(H4,39,40,41)/t23-,25?,27?,37?,38?/m1/s1. The molecule has 10 N–H and O–H groups in total. The van der Waals surface area contributed by atoms with Crippen molar-refractivity contribution in [2.24, 2.45) is 16.5 Å². The van der Waals surface area contributed by atoms with Gasteiger partial charge in [0.05, 0.1) is 25.3 Å². The molecular formula is C38H58N8O10. The molecule has 56 heavy (non-hydrogen) atoms. The van der Waals surface area contributed by atoms with Crippen molar-refractivity contribution in [2.45, 2.75) is 107 Å². The summed E-state index contributed by atoms with van der Waals surface area (Å²) >= 11 is 0. The molecule has 0 aromatic heterocycles. The predicted octanol–water partition coefficient (Wildman–Crippen LogP) is 0.570. The number of phenolic OH excluding ortho intramolecular Hbond substituents is 1. The summed E-state index contributed by atoms with van der Waals surface area (Å²) in [6, 6.07) is 1.86. The van der Waals surface area contributed by atoms with Gasteiger partial charge in [0.15, 0.2) is 17.5 Å². The van der Waals surface area contributed by atoms with Crippen LogP contribution in [0.2, 0.25) is 0 Å². The average Bonchev–Trinajstić information content (AvgIpc) is 3.16. The first-order chi connectivity index (χ1) is 26.6. The second-order valence-electron chi connectivity index (χ2n) is 14.8. The van der Waals surface area contributed by atoms with Crippen LogP contribution in [0.25, 0.3) is 0 Å². The molecule has 2 heterocycles. The number of carboxylic acid groups (broad SMARTS) is 1. The number of aliphatic carboxylic acids is 1. The molecule has 4 amide bonds. The van der Waals surface area contributed by atoms with Gasteiger partial charge in [0.1, 0.15) is 18.2 Å². The first-order valence-corrected chi connectivity index (χ1v) is 19.2. The molecule has 0 bridgehead atoms. The monoisotopic (exact) mass is 786 g/mol. The fourth-order valence-electron chi connectivity index (χ4n) is 8.26. The summed E-state index contributed by atoms with van der Waals surface area (Å²) in [6.07, 6.45) is 4.37. The zero-order chi connectivity index (χ0) is 41.2. The van der Waals surface area contributed by atoms with Crippen molar-refractivity contribution < 1.29 is 48.8 Å². The average molecular weight is 787 g/mol. The second-order valence-corrected chi connectivity index (χ2v) is 14.8. The molecular weight excluding hydrogens is 728 g/mol. The van der Waals surface area contributed by atoms with E-state index >= 15 is 0 Å². The summed E-state index contributed by atoms with van der Waals surface area (Å²) in [5.74, 6) is -2.92. The Morgan fingerprint density at radius 2 is 1.86 bits per heavy atom. The number of guanidine groups is 1. The lowest BCUT2D eigenvalue weighted by molar-refractivity contribution is -0.141. The van der Waals surface area contributed by atoms with Crippen molar-refractivity contribution in [3.8, 4) is 11.5 Å². The number of amides is 4. The maximum Gasteiger partial charge on any atom is 0.415 e. The van der Waals surface area contributed by atoms with Crippen LogP contribution in [0.3, 0.4) is 0 Å². The molecule has 5 atom stereocenters. The molecule has 1 aromatic rings. The highest BCUT2D eigenvalue weighted by atomic mass is 16.6. The first-order valence-electron chi connectivity index (χ1n) is 19.2. The van der Waals surface area contributed by atoms with Crippen LogP contribution in [-0.2, 0) is 35.8 Å². The Balaban J connectivity index is 1.49. The summed E-state index contributed by atoms with van der Waals surface area (Å²) in [4.78, 5) is 70.2. The molecule has 4 rings (SSSR count). The molecule has 1 aromatic carbocycles. The maximum absolute atomic E-state index is 14.0. The van der Waals surface area contributed by atoms with Crippen LogP contribution in [0, 0.1) is 0 Å². The van der Waals surface area contributed by atoms with Gasteiger partial charge >= 0.3 is 12.1 Å². The third-order valence-electron chi connectivity index (χ3n) is 11.4. The van der Waals surface area contributed by atoms with E-state index in [-0.39, 0.29) is 50.1 Å². The lowest BCUT2D eigenvalue weighted by Gasteiger charge is -2.59. The number of methoxy groups -OCH3 is 1. The van der Waals surface area contributed by atoms with E-state index < -0.39 is 65.8 Å². The number of nitrogens with one attached hydrogen (secondary N) is 3. The summed E-state index contributed by atoms with van der Waals surface area (Å²) in [7, 11) is 3.44. The van der Waals surface area contributed by atoms with Crippen molar-refractivity contribution >= 4 is 35.7 Å². The number of carbonyl (C=O) groups is 5. The first kappa shape index (κ1) is 43.6. The number of benzene rings is 1. The van der Waals surface area contributed by atoms with Gasteiger partial charge in [-0.15, -0.1) is 0 Å². The summed E-state index contributed by atoms with van der Waals surface area (Å²) < 4.78 is 11.6. The predicted molar refractivity (Wildman–Crippen MR) is 206 cm³/mol. The number of allylic oxidation sites excluding steroid dienone is 1. The minimum Gasteiger partial charge on any atom is -0.504 e. The van der Waals surface area contributed by atoms with Gasteiger partial charge in [-0.2, -0.15) is 0 Å². The Morgan fingerprint density at radius 1 is 1.11 bits per heavy atom. The number of hydrogen-bond donors (Lipinski definition) is 8. The van der Waals surface area contributed by atoms with Gasteiger partial charge in [0, 0.05) is 49.5 Å². The zero-order valence-corrected chi connectivity index (χ0v) is 32.8. The van der Waals surface area contributed by atoms with Gasteiger partial charge in [0.25, 0.3) is 0 Å². The molecule has 310 valence electrons. The number of aliphatic imine (C=N–C) groups is 1. The normalized spacial score (nSPS) is 24.1. The van der Waals surface area contributed by atoms with Crippen LogP contribution in [0.4, 0.5) is 4.79 Å². The lowest BCUT2D eigenvalue weighted by atomic mass is 9.54. The number of nitrogens with two attached hydrogens (primary N) is 2. The molecule has 2 aliphatic heterocycles. The van der Waals surface area contributed by atoms with Crippen molar-refractivity contribution in [2.75, 3.05) is 46.9 Å². The fraction of sp³-hybridized carbons (Fsp3) is 0.632. The summed E-state index contributed by atoms with van der Waals surface area (Å²) in [5, 5.41) is 40.6. The van der Waals surface area contributed by atoms with E-state index in [4.69, 9.17) is 26.0 Å². The minimum absolute atomic E-state index is 0.0323. The Labute approximate surface area is 327 Å². The number of aliphatic hydroxyl groups is 1. The largest absolute Gasteiger partial charge is 0.504 e. The van der Waals surface area contributed by atoms with E-state index in [2.05, 4.69) is 25.8 Å². The van der Waals surface area contributed by atoms with Crippen molar-refractivity contribution in [3.05, 3.63) is 35.1 Å². The number of likely N-dealkylation sites (tertiary alicyclic amines) is 2. The number of hydrogen-bond acceptors (Lipinski definition) is 11. The quantitative estimate of drug-likeness (QED) is 0.0494. The zero-order valence-electron chi connectivity index (χ0n) is 32.8. The maximum atomic E-state index is 14.0. The molecule has 0 saturated carbocycles. The number of rotatable bonds is 16. The van der Waals surface area contributed by atoms with Gasteiger partial charge in [-0.1, -0.05) is 13.0 Å². The lowest BCUT2D eigenvalue weighted by Crippen LogP contribution is -2.68. The third-order valence-corrected chi connectivity index (χ3v) is 11.4. The third kappa shape index (κ3) is 10.0. The van der Waals surface area contributed by atoms with E-state index in [1.165, 1.54) is 7.11 Å². The number of fused-ring (bicyclic) bond motifs is 1. The summed E-state index contributed by atoms with van der Waals surface area (Å²) in [5.41, 5.74) is 9.98. The van der Waals surface area contributed by atoms with Gasteiger partial charge < -0.3 is 62.0 Å². The van der Waals surface area contributed by atoms with Gasteiger partial charge in [0.2, 0.25) is 17.7 Å². The Kier molecular flexibility index (Phi) is 14.9. The highest BCUT2D eigenvalue weighted by Gasteiger charge is 2.61. The Morgan fingerprint density at radius 3 is 2.54 bits per heavy atom. The van der Waals surface area contributed by atoms with Crippen LogP contribution in [0.15, 0.2) is 29.0 Å². The number of aromatic hydroxyl groups is 1. The van der Waals surface area contributed by atoms with Gasteiger partial charge in [-0.05, 0) is 83.2 Å². The van der Waals surface area contributed by atoms with Crippen LogP contribution in [0.1, 0.15) is 82.8 Å². The Bertz CT molecular complexity index is 1680. The molecule has 1 aliphatic carbocycles. The second kappa shape index (κ2) is 19.2. The number of likely N-dealkylation sites (N-methyl/N-ethyl adjacent to an activating group) is 1. The smallest absolute Gasteiger partial charge is 0.415 e. The minimum atomic E-state index is -1.35. The highest BCUT2D eigenvalue weighted by Crippen LogP contribution is 2.57. The highest BCUT2D eigenvalue weighted by molar-refractivity contribution is 5.95. The van der Waals surface area contributed by atoms with E-state index in [9.17, 15) is 34.2 Å². The molecule has 18 heteroatoms. The number of nitrogens with zero attached hydrogens (tertiary/aromatic N) is 3. The summed E-state index contributed by atoms with van der Waals surface area (Å²) in [6.45, 7) is 4.69. The molecule has 2 fully saturated rings. The molecule has 2 saturated heterocycles. The topological polar surface area (TPSA) is 271 Å². The fourth-order valence-corrected chi connectivity index (χ4v) is 8.26. The molecule has 4 unspecified atom stereocenters. The number of phenols is 1. The number of ether oxygens (including phenoxy) is 2. The van der Waals surface area contributed by atoms with Gasteiger partial charge in [-0.25, -0.2) is 4.79 Å².